The van der Waals surface area contributed by atoms with E-state index in [2.05, 4.69) is 25.9 Å². The largest absolute Gasteiger partial charge is 0.332 e. The van der Waals surface area contributed by atoms with E-state index in [1.165, 1.54) is 6.07 Å². The molecule has 2 rings (SSSR count). The molecule has 2 nitrogen and oxygen atoms in total. The van der Waals surface area contributed by atoms with Gasteiger partial charge in [0.05, 0.1) is 5.52 Å². The lowest BCUT2D eigenvalue weighted by Gasteiger charge is -1.91. The van der Waals surface area contributed by atoms with Gasteiger partial charge in [-0.3, -0.25) is 0 Å². The zero-order valence-corrected chi connectivity index (χ0v) is 8.08. The van der Waals surface area contributed by atoms with Crippen LogP contribution in [0.3, 0.4) is 0 Å². The van der Waals surface area contributed by atoms with Crippen LogP contribution in [0.25, 0.3) is 11.0 Å². The van der Waals surface area contributed by atoms with Crippen molar-refractivity contribution in [3.63, 3.8) is 0 Å². The summed E-state index contributed by atoms with van der Waals surface area (Å²) in [7, 11) is 0. The van der Waals surface area contributed by atoms with Gasteiger partial charge in [0.2, 0.25) is 0 Å². The molecule has 62 valence electrons. The number of imidazole rings is 1. The van der Waals surface area contributed by atoms with E-state index in [1.54, 1.807) is 6.07 Å². The normalized spacial score (nSPS) is 10.9. The van der Waals surface area contributed by atoms with Crippen molar-refractivity contribution in [3.05, 3.63) is 27.7 Å². The quantitative estimate of drug-likeness (QED) is 0.763. The minimum absolute atomic E-state index is 0.297. The number of hydrogen-bond acceptors (Lipinski definition) is 1. The van der Waals surface area contributed by atoms with E-state index in [9.17, 15) is 4.39 Å². The van der Waals surface area contributed by atoms with Crippen molar-refractivity contribution in [2.24, 2.45) is 0 Å². The minimum atomic E-state index is -0.417. The van der Waals surface area contributed by atoms with Crippen LogP contribution in [-0.2, 0) is 0 Å². The fraction of sp³-hybridized carbons (Fsp3) is 0. The molecule has 1 aromatic heterocycles. The zero-order chi connectivity index (χ0) is 8.72. The molecule has 0 radical (unpaired) electrons. The van der Waals surface area contributed by atoms with Crippen molar-refractivity contribution in [2.75, 3.05) is 0 Å². The van der Waals surface area contributed by atoms with E-state index in [1.807, 2.05) is 0 Å². The van der Waals surface area contributed by atoms with E-state index in [-0.39, 0.29) is 0 Å². The fourth-order valence-electron chi connectivity index (χ4n) is 1.01. The Hall–Kier alpha value is -0.610. The first-order valence-electron chi connectivity index (χ1n) is 3.17. The lowest BCUT2D eigenvalue weighted by molar-refractivity contribution is 0.637. The van der Waals surface area contributed by atoms with E-state index in [0.717, 1.165) is 0 Å². The lowest BCUT2D eigenvalue weighted by atomic mass is 10.3. The zero-order valence-electron chi connectivity index (χ0n) is 5.74. The van der Waals surface area contributed by atoms with Gasteiger partial charge in [0.15, 0.2) is 10.6 Å². The summed E-state index contributed by atoms with van der Waals surface area (Å²) in [6, 6.07) is 2.86. The van der Waals surface area contributed by atoms with Crippen LogP contribution in [-0.4, -0.2) is 9.97 Å². The van der Waals surface area contributed by atoms with Gasteiger partial charge in [0.25, 0.3) is 0 Å². The molecule has 0 bridgehead atoms. The van der Waals surface area contributed by atoms with E-state index in [0.29, 0.717) is 20.8 Å². The Labute approximate surface area is 80.9 Å². The number of aromatic nitrogens is 2. The number of hydrogen-bond donors (Lipinski definition) is 1. The van der Waals surface area contributed by atoms with Crippen molar-refractivity contribution in [1.82, 2.24) is 9.97 Å². The van der Waals surface area contributed by atoms with Gasteiger partial charge in [-0.2, -0.15) is 0 Å². The van der Waals surface area contributed by atoms with Gasteiger partial charge in [0, 0.05) is 5.02 Å². The number of benzene rings is 1. The number of nitrogens with zero attached hydrogens (tertiary/aromatic N) is 1. The van der Waals surface area contributed by atoms with E-state index in [4.69, 9.17) is 11.6 Å². The highest BCUT2D eigenvalue weighted by molar-refractivity contribution is 9.10. The lowest BCUT2D eigenvalue weighted by Crippen LogP contribution is -1.77. The highest BCUT2D eigenvalue weighted by Gasteiger charge is 2.06. The molecule has 2 aromatic rings. The summed E-state index contributed by atoms with van der Waals surface area (Å²) in [6.45, 7) is 0. The topological polar surface area (TPSA) is 28.7 Å². The van der Waals surface area contributed by atoms with Gasteiger partial charge >= 0.3 is 0 Å². The monoisotopic (exact) mass is 248 g/mol. The predicted molar refractivity (Wildman–Crippen MR) is 48.8 cm³/mol. The van der Waals surface area contributed by atoms with E-state index < -0.39 is 5.82 Å². The third-order valence-electron chi connectivity index (χ3n) is 1.48. The Morgan fingerprint density at radius 1 is 1.50 bits per heavy atom. The molecule has 0 saturated carbocycles. The molecule has 0 fully saturated rings. The summed E-state index contributed by atoms with van der Waals surface area (Å²) in [5.74, 6) is -0.417. The van der Waals surface area contributed by atoms with Crippen molar-refractivity contribution in [2.45, 2.75) is 0 Å². The van der Waals surface area contributed by atoms with Crippen molar-refractivity contribution >= 4 is 38.6 Å². The second kappa shape index (κ2) is 2.71. The molecule has 1 N–H and O–H groups in total. The minimum Gasteiger partial charge on any atom is -0.332 e. The molecule has 1 aromatic carbocycles. The summed E-state index contributed by atoms with van der Waals surface area (Å²) in [4.78, 5) is 6.70. The van der Waals surface area contributed by atoms with Gasteiger partial charge in [-0.15, -0.1) is 0 Å². The highest BCUT2D eigenvalue weighted by Crippen LogP contribution is 2.22. The van der Waals surface area contributed by atoms with Crippen LogP contribution >= 0.6 is 27.5 Å². The van der Waals surface area contributed by atoms with Crippen molar-refractivity contribution < 1.29 is 4.39 Å². The van der Waals surface area contributed by atoms with Gasteiger partial charge in [-0.1, -0.05) is 11.6 Å². The molecule has 0 saturated heterocycles. The molecular formula is C7H3BrClFN2. The first-order valence-corrected chi connectivity index (χ1v) is 4.34. The molecule has 0 aliphatic rings. The molecule has 0 amide bonds. The standard InChI is InChI=1S/C7H3BrClFN2/c8-7-11-5-2-3(9)1-4(10)6(5)12-7/h1-2H,(H,11,12). The fourth-order valence-corrected chi connectivity index (χ4v) is 1.61. The molecule has 5 heteroatoms. The second-order valence-corrected chi connectivity index (χ2v) is 3.50. The third-order valence-corrected chi connectivity index (χ3v) is 2.07. The number of H-pyrrole nitrogens is 1. The summed E-state index contributed by atoms with van der Waals surface area (Å²) in [5, 5.41) is 0.358. The van der Waals surface area contributed by atoms with Crippen LogP contribution in [0.5, 0.6) is 0 Å². The van der Waals surface area contributed by atoms with Crippen LogP contribution in [0.15, 0.2) is 16.9 Å². The SMILES string of the molecule is Fc1cc(Cl)cc2[nH]c(Br)nc12. The van der Waals surface area contributed by atoms with Gasteiger partial charge < -0.3 is 4.98 Å². The van der Waals surface area contributed by atoms with Crippen molar-refractivity contribution in [1.29, 1.82) is 0 Å². The molecule has 12 heavy (non-hydrogen) atoms. The smallest absolute Gasteiger partial charge is 0.175 e. The maximum Gasteiger partial charge on any atom is 0.175 e. The molecule has 0 aliphatic heterocycles. The maximum absolute atomic E-state index is 13.1. The first-order chi connectivity index (χ1) is 5.66. The van der Waals surface area contributed by atoms with Crippen LogP contribution < -0.4 is 0 Å². The van der Waals surface area contributed by atoms with Crippen LogP contribution in [0.1, 0.15) is 0 Å². The Morgan fingerprint density at radius 2 is 2.25 bits per heavy atom. The second-order valence-electron chi connectivity index (χ2n) is 2.31. The maximum atomic E-state index is 13.1. The van der Waals surface area contributed by atoms with Gasteiger partial charge in [0.1, 0.15) is 5.52 Å². The first kappa shape index (κ1) is 8.01. The Balaban J connectivity index is 2.88. The number of nitrogens with one attached hydrogen (secondary N) is 1. The number of halogens is 3. The number of aromatic amines is 1. The van der Waals surface area contributed by atoms with Gasteiger partial charge in [-0.05, 0) is 28.1 Å². The van der Waals surface area contributed by atoms with Gasteiger partial charge in [-0.25, -0.2) is 9.37 Å². The average Bonchev–Trinajstić information content (AvgIpc) is 2.29. The Kier molecular flexibility index (Phi) is 1.81. The summed E-state index contributed by atoms with van der Waals surface area (Å²) in [6.07, 6.45) is 0. The third kappa shape index (κ3) is 1.21. The number of rotatable bonds is 0. The van der Waals surface area contributed by atoms with Crippen molar-refractivity contribution in [3.8, 4) is 0 Å². The van der Waals surface area contributed by atoms with E-state index >= 15 is 0 Å². The number of fused-ring (bicyclic) bond motifs is 1. The molecule has 0 unspecified atom stereocenters. The molecule has 0 spiro atoms. The van der Waals surface area contributed by atoms with Crippen LogP contribution in [0.4, 0.5) is 4.39 Å². The Bertz CT molecular complexity index is 440. The molecule has 0 atom stereocenters. The van der Waals surface area contributed by atoms with Crippen LogP contribution in [0.2, 0.25) is 5.02 Å². The highest BCUT2D eigenvalue weighted by atomic mass is 79.9. The Morgan fingerprint density at radius 3 is 3.00 bits per heavy atom. The molecule has 0 aliphatic carbocycles. The summed E-state index contributed by atoms with van der Waals surface area (Å²) >= 11 is 8.74. The molecular weight excluding hydrogens is 246 g/mol. The average molecular weight is 249 g/mol. The summed E-state index contributed by atoms with van der Waals surface area (Å²) < 4.78 is 13.6. The van der Waals surface area contributed by atoms with Crippen LogP contribution in [0, 0.1) is 5.82 Å². The predicted octanol–water partition coefficient (Wildman–Crippen LogP) is 3.12. The summed E-state index contributed by atoms with van der Waals surface area (Å²) in [5.41, 5.74) is 0.887. The molecule has 1 heterocycles.